The number of pyridine rings is 1. The van der Waals surface area contributed by atoms with Gasteiger partial charge in [-0.25, -0.2) is 9.78 Å². The predicted molar refractivity (Wildman–Crippen MR) is 91.3 cm³/mol. The predicted octanol–water partition coefficient (Wildman–Crippen LogP) is 1.89. The monoisotopic (exact) mass is 325 g/mol. The summed E-state index contributed by atoms with van der Waals surface area (Å²) in [6.07, 6.45) is 1.99. The normalized spacial score (nSPS) is 15.8. The van der Waals surface area contributed by atoms with Crippen molar-refractivity contribution in [2.24, 2.45) is 0 Å². The Kier molecular flexibility index (Phi) is 4.20. The van der Waals surface area contributed by atoms with Crippen LogP contribution in [0.15, 0.2) is 42.6 Å². The minimum absolute atomic E-state index is 0.256. The Labute approximate surface area is 140 Å². The topological polar surface area (TPSA) is 62.7 Å². The van der Waals surface area contributed by atoms with Gasteiger partial charge in [0.15, 0.2) is 0 Å². The molecule has 6 nitrogen and oxygen atoms in total. The maximum atomic E-state index is 13.0. The lowest BCUT2D eigenvalue weighted by Crippen LogP contribution is -2.43. The molecule has 0 fully saturated rings. The third-order valence-electron chi connectivity index (χ3n) is 4.12. The number of carbonyl (C=O) groups is 2. The molecular weight excluding hydrogens is 306 g/mol. The first kappa shape index (κ1) is 16.0. The molecular formula is C18H19N3O3. The highest BCUT2D eigenvalue weighted by molar-refractivity contribution is 6.11. The molecule has 24 heavy (non-hydrogen) atoms. The number of carbonyl (C=O) groups excluding carboxylic acids is 2. The molecule has 124 valence electrons. The van der Waals surface area contributed by atoms with E-state index >= 15 is 0 Å². The van der Waals surface area contributed by atoms with Crippen molar-refractivity contribution in [2.75, 3.05) is 31.0 Å². The Balaban J connectivity index is 1.97. The average Bonchev–Trinajstić information content (AvgIpc) is 3.00. The standard InChI is InChI=1S/C18H19N3O3/c1-20(2)16-9-8-13(11-19-16)17(22)21-14-7-5-4-6-12(14)10-15(21)18(23)24-3/h4-9,11,15H,10H2,1-3H3/t15-/m1/s1. The van der Waals surface area contributed by atoms with Crippen LogP contribution >= 0.6 is 0 Å². The number of hydrogen-bond acceptors (Lipinski definition) is 5. The number of esters is 1. The molecule has 0 aliphatic carbocycles. The summed E-state index contributed by atoms with van der Waals surface area (Å²) in [6.45, 7) is 0. The van der Waals surface area contributed by atoms with Crippen LogP contribution in [0.25, 0.3) is 0 Å². The van der Waals surface area contributed by atoms with Gasteiger partial charge in [-0.05, 0) is 23.8 Å². The number of amides is 1. The third kappa shape index (κ3) is 2.71. The molecule has 0 radical (unpaired) electrons. The second kappa shape index (κ2) is 6.31. The first-order chi connectivity index (χ1) is 11.5. The van der Waals surface area contributed by atoms with Gasteiger partial charge >= 0.3 is 5.97 Å². The number of anilines is 2. The van der Waals surface area contributed by atoms with Gasteiger partial charge in [0.25, 0.3) is 5.91 Å². The van der Waals surface area contributed by atoms with Gasteiger partial charge in [-0.3, -0.25) is 9.69 Å². The molecule has 1 aliphatic rings. The summed E-state index contributed by atoms with van der Waals surface area (Å²) in [4.78, 5) is 32.8. The molecule has 1 aliphatic heterocycles. The van der Waals surface area contributed by atoms with E-state index in [9.17, 15) is 9.59 Å². The SMILES string of the molecule is COC(=O)[C@H]1Cc2ccccc2N1C(=O)c1ccc(N(C)C)nc1. The van der Waals surface area contributed by atoms with Crippen molar-refractivity contribution >= 4 is 23.4 Å². The van der Waals surface area contributed by atoms with Crippen LogP contribution in [0.3, 0.4) is 0 Å². The highest BCUT2D eigenvalue weighted by atomic mass is 16.5. The minimum atomic E-state index is -0.645. The maximum Gasteiger partial charge on any atom is 0.329 e. The van der Waals surface area contributed by atoms with Gasteiger partial charge in [0.1, 0.15) is 11.9 Å². The summed E-state index contributed by atoms with van der Waals surface area (Å²) in [5.74, 6) is 0.0865. The highest BCUT2D eigenvalue weighted by Crippen LogP contribution is 2.33. The van der Waals surface area contributed by atoms with E-state index in [1.165, 1.54) is 18.2 Å². The Hall–Kier alpha value is -2.89. The molecule has 0 unspecified atom stereocenters. The molecule has 0 spiro atoms. The van der Waals surface area contributed by atoms with Gasteiger partial charge in [-0.1, -0.05) is 18.2 Å². The smallest absolute Gasteiger partial charge is 0.329 e. The largest absolute Gasteiger partial charge is 0.467 e. The van der Waals surface area contributed by atoms with Gasteiger partial charge < -0.3 is 9.64 Å². The Morgan fingerprint density at radius 1 is 1.21 bits per heavy atom. The number of aromatic nitrogens is 1. The van der Waals surface area contributed by atoms with Gasteiger partial charge in [0.2, 0.25) is 0 Å². The number of hydrogen-bond donors (Lipinski definition) is 0. The van der Waals surface area contributed by atoms with E-state index in [2.05, 4.69) is 4.98 Å². The molecule has 0 N–H and O–H groups in total. The van der Waals surface area contributed by atoms with Crippen molar-refractivity contribution in [3.63, 3.8) is 0 Å². The highest BCUT2D eigenvalue weighted by Gasteiger charge is 2.39. The fourth-order valence-corrected chi connectivity index (χ4v) is 2.88. The zero-order valence-corrected chi connectivity index (χ0v) is 13.9. The molecule has 2 aromatic rings. The van der Waals surface area contributed by atoms with Crippen LogP contribution in [0.4, 0.5) is 11.5 Å². The van der Waals surface area contributed by atoms with Crippen molar-refractivity contribution in [1.29, 1.82) is 0 Å². The number of methoxy groups -OCH3 is 1. The third-order valence-corrected chi connectivity index (χ3v) is 4.12. The van der Waals surface area contributed by atoms with Crippen molar-refractivity contribution < 1.29 is 14.3 Å². The van der Waals surface area contributed by atoms with Crippen LogP contribution < -0.4 is 9.80 Å². The number of para-hydroxylation sites is 1. The van der Waals surface area contributed by atoms with E-state index in [4.69, 9.17) is 4.74 Å². The summed E-state index contributed by atoms with van der Waals surface area (Å²) < 4.78 is 4.88. The molecule has 6 heteroatoms. The molecule has 0 saturated heterocycles. The summed E-state index contributed by atoms with van der Waals surface area (Å²) in [5, 5.41) is 0. The molecule has 1 amide bonds. The summed E-state index contributed by atoms with van der Waals surface area (Å²) >= 11 is 0. The van der Waals surface area contributed by atoms with E-state index in [1.807, 2.05) is 43.3 Å². The van der Waals surface area contributed by atoms with E-state index < -0.39 is 12.0 Å². The number of fused-ring (bicyclic) bond motifs is 1. The molecule has 0 saturated carbocycles. The van der Waals surface area contributed by atoms with Crippen LogP contribution in [0.2, 0.25) is 0 Å². The minimum Gasteiger partial charge on any atom is -0.467 e. The van der Waals surface area contributed by atoms with Gasteiger partial charge in [0.05, 0.1) is 12.7 Å². The quantitative estimate of drug-likeness (QED) is 0.807. The van der Waals surface area contributed by atoms with Crippen LogP contribution in [0.1, 0.15) is 15.9 Å². The summed E-state index contributed by atoms with van der Waals surface area (Å²) in [7, 11) is 5.10. The van der Waals surface area contributed by atoms with Gasteiger partial charge in [-0.2, -0.15) is 0 Å². The Bertz CT molecular complexity index is 771. The maximum absolute atomic E-state index is 13.0. The molecule has 3 rings (SSSR count). The van der Waals surface area contributed by atoms with E-state index in [0.29, 0.717) is 12.0 Å². The van der Waals surface area contributed by atoms with Crippen molar-refractivity contribution in [3.8, 4) is 0 Å². The fourth-order valence-electron chi connectivity index (χ4n) is 2.88. The molecule has 1 aromatic heterocycles. The van der Waals surface area contributed by atoms with Crippen LogP contribution in [-0.4, -0.2) is 44.1 Å². The molecule has 0 bridgehead atoms. The lowest BCUT2D eigenvalue weighted by atomic mass is 10.1. The Morgan fingerprint density at radius 2 is 1.96 bits per heavy atom. The first-order valence-corrected chi connectivity index (χ1v) is 7.65. The zero-order valence-electron chi connectivity index (χ0n) is 13.9. The summed E-state index contributed by atoms with van der Waals surface area (Å²) in [6, 6.07) is 10.4. The lowest BCUT2D eigenvalue weighted by molar-refractivity contribution is -0.141. The van der Waals surface area contributed by atoms with Crippen LogP contribution in [-0.2, 0) is 16.0 Å². The van der Waals surface area contributed by atoms with Crippen molar-refractivity contribution in [3.05, 3.63) is 53.7 Å². The number of ether oxygens (including phenoxy) is 1. The van der Waals surface area contributed by atoms with E-state index in [-0.39, 0.29) is 5.91 Å². The molecule has 1 aromatic carbocycles. The number of benzene rings is 1. The number of nitrogens with zero attached hydrogens (tertiary/aromatic N) is 3. The Morgan fingerprint density at radius 3 is 2.58 bits per heavy atom. The lowest BCUT2D eigenvalue weighted by Gasteiger charge is -2.24. The first-order valence-electron chi connectivity index (χ1n) is 7.65. The van der Waals surface area contributed by atoms with E-state index in [1.54, 1.807) is 12.1 Å². The fraction of sp³-hybridized carbons (Fsp3) is 0.278. The van der Waals surface area contributed by atoms with Crippen molar-refractivity contribution in [2.45, 2.75) is 12.5 Å². The molecule has 2 heterocycles. The van der Waals surface area contributed by atoms with Gasteiger partial charge in [-0.15, -0.1) is 0 Å². The second-order valence-corrected chi connectivity index (χ2v) is 5.85. The number of rotatable bonds is 3. The van der Waals surface area contributed by atoms with Crippen molar-refractivity contribution in [1.82, 2.24) is 4.98 Å². The van der Waals surface area contributed by atoms with Crippen LogP contribution in [0, 0.1) is 0 Å². The molecule has 1 atom stereocenters. The van der Waals surface area contributed by atoms with Crippen LogP contribution in [0.5, 0.6) is 0 Å². The summed E-state index contributed by atoms with van der Waals surface area (Å²) in [5.41, 5.74) is 2.14. The second-order valence-electron chi connectivity index (χ2n) is 5.85. The van der Waals surface area contributed by atoms with Gasteiger partial charge in [0, 0.05) is 32.4 Å². The van der Waals surface area contributed by atoms with E-state index in [0.717, 1.165) is 17.1 Å². The zero-order chi connectivity index (χ0) is 17.3. The average molecular weight is 325 g/mol.